The van der Waals surface area contributed by atoms with Gasteiger partial charge in [0.25, 0.3) is 5.56 Å². The van der Waals surface area contributed by atoms with E-state index in [2.05, 4.69) is 24.0 Å². The Morgan fingerprint density at radius 2 is 1.91 bits per heavy atom. The van der Waals surface area contributed by atoms with Gasteiger partial charge < -0.3 is 9.30 Å². The van der Waals surface area contributed by atoms with E-state index in [0.29, 0.717) is 43.2 Å². The number of methoxy groups -OCH3 is 1. The highest BCUT2D eigenvalue weighted by molar-refractivity contribution is 7.99. The number of fused-ring (bicyclic) bond motifs is 1. The quantitative estimate of drug-likeness (QED) is 0.155. The van der Waals surface area contributed by atoms with Crippen LogP contribution in [0, 0.1) is 15.8 Å². The van der Waals surface area contributed by atoms with Crippen molar-refractivity contribution in [1.29, 1.82) is 0 Å². The van der Waals surface area contributed by atoms with Crippen molar-refractivity contribution in [2.75, 3.05) is 12.9 Å². The largest absolute Gasteiger partial charge is 0.495 e. The smallest absolute Gasteiger partial charge is 0.278 e. The standard InChI is InChI=1S/C24H21N3O2S3/c1-3-4-16-31-23-25-21-20(22(28)27(23)18-12-8-9-13-19(18)29-2)32-24(30)26(21)15-14-17-10-6-5-7-11-17/h5-13H,14-16H2,1-2H3. The first-order chi connectivity index (χ1) is 15.6. The van der Waals surface area contributed by atoms with E-state index in [1.54, 1.807) is 18.6 Å². The first kappa shape index (κ1) is 22.3. The summed E-state index contributed by atoms with van der Waals surface area (Å²) >= 11 is 8.36. The molecule has 2 heterocycles. The molecule has 0 saturated heterocycles. The Morgan fingerprint density at radius 1 is 1.16 bits per heavy atom. The molecule has 0 atom stereocenters. The Bertz CT molecular complexity index is 1430. The van der Waals surface area contributed by atoms with Crippen molar-refractivity contribution >= 4 is 45.7 Å². The molecule has 0 saturated carbocycles. The number of hydrogen-bond acceptors (Lipinski definition) is 6. The van der Waals surface area contributed by atoms with Crippen molar-refractivity contribution in [2.45, 2.75) is 25.0 Å². The highest BCUT2D eigenvalue weighted by atomic mass is 32.2. The van der Waals surface area contributed by atoms with E-state index in [1.807, 2.05) is 47.0 Å². The third-order valence-corrected chi connectivity index (χ3v) is 7.15. The number of nitrogens with zero attached hydrogens (tertiary/aromatic N) is 3. The third kappa shape index (κ3) is 4.51. The van der Waals surface area contributed by atoms with Gasteiger partial charge in [-0.2, -0.15) is 0 Å². The lowest BCUT2D eigenvalue weighted by molar-refractivity contribution is 0.411. The first-order valence-electron chi connectivity index (χ1n) is 10.00. The van der Waals surface area contributed by atoms with Gasteiger partial charge in [0.1, 0.15) is 10.4 Å². The monoisotopic (exact) mass is 479 g/mol. The van der Waals surface area contributed by atoms with Crippen LogP contribution in [0.5, 0.6) is 5.75 Å². The van der Waals surface area contributed by atoms with E-state index in [9.17, 15) is 4.79 Å². The molecule has 5 nitrogen and oxygen atoms in total. The normalized spacial score (nSPS) is 10.7. The molecular weight excluding hydrogens is 458 g/mol. The summed E-state index contributed by atoms with van der Waals surface area (Å²) in [6.07, 6.45) is 0.808. The van der Waals surface area contributed by atoms with Crippen molar-refractivity contribution in [3.8, 4) is 23.3 Å². The maximum atomic E-state index is 13.7. The van der Waals surface area contributed by atoms with Gasteiger partial charge in [0.05, 0.1) is 18.6 Å². The van der Waals surface area contributed by atoms with Crippen molar-refractivity contribution in [2.24, 2.45) is 0 Å². The van der Waals surface area contributed by atoms with Crippen LogP contribution in [0.25, 0.3) is 16.0 Å². The lowest BCUT2D eigenvalue weighted by atomic mass is 10.1. The molecule has 4 aromatic rings. The van der Waals surface area contributed by atoms with Gasteiger partial charge in [-0.05, 0) is 43.3 Å². The highest BCUT2D eigenvalue weighted by Crippen LogP contribution is 2.29. The minimum Gasteiger partial charge on any atom is -0.495 e. The lowest BCUT2D eigenvalue weighted by Crippen LogP contribution is -2.22. The average molecular weight is 480 g/mol. The van der Waals surface area contributed by atoms with Crippen LogP contribution in [0.2, 0.25) is 0 Å². The molecule has 0 radical (unpaired) electrons. The molecule has 0 bridgehead atoms. The number of benzene rings is 2. The third-order valence-electron chi connectivity index (χ3n) is 4.90. The van der Waals surface area contributed by atoms with Gasteiger partial charge in [0.2, 0.25) is 0 Å². The fourth-order valence-corrected chi connectivity index (χ4v) is 5.48. The SMILES string of the molecule is CC#CCSc1nc2c(sc(=S)n2CCc2ccccc2)c(=O)n1-c1ccccc1OC. The summed E-state index contributed by atoms with van der Waals surface area (Å²) in [5.41, 5.74) is 2.33. The molecule has 8 heteroatoms. The number of thiazole rings is 1. The summed E-state index contributed by atoms with van der Waals surface area (Å²) in [7, 11) is 1.59. The Labute approximate surface area is 199 Å². The van der Waals surface area contributed by atoms with E-state index < -0.39 is 0 Å². The van der Waals surface area contributed by atoms with Crippen LogP contribution in [0.3, 0.4) is 0 Å². The summed E-state index contributed by atoms with van der Waals surface area (Å²) < 4.78 is 10.3. The van der Waals surface area contributed by atoms with Crippen LogP contribution < -0.4 is 10.3 Å². The number of para-hydroxylation sites is 2. The van der Waals surface area contributed by atoms with Gasteiger partial charge in [-0.3, -0.25) is 9.36 Å². The van der Waals surface area contributed by atoms with Crippen LogP contribution >= 0.6 is 35.3 Å². The molecule has 0 aliphatic rings. The molecule has 162 valence electrons. The molecule has 0 aliphatic carbocycles. The van der Waals surface area contributed by atoms with Gasteiger partial charge in [-0.25, -0.2) is 4.98 Å². The highest BCUT2D eigenvalue weighted by Gasteiger charge is 2.20. The molecule has 0 aliphatic heterocycles. The fraction of sp³-hybridized carbons (Fsp3) is 0.208. The number of aryl methyl sites for hydroxylation is 2. The average Bonchev–Trinajstić information content (AvgIpc) is 3.14. The molecule has 4 rings (SSSR count). The molecule has 0 unspecified atom stereocenters. The van der Waals surface area contributed by atoms with E-state index in [1.165, 1.54) is 28.7 Å². The van der Waals surface area contributed by atoms with E-state index >= 15 is 0 Å². The number of ether oxygens (including phenoxy) is 1. The molecule has 0 N–H and O–H groups in total. The number of rotatable bonds is 7. The van der Waals surface area contributed by atoms with Crippen molar-refractivity contribution in [1.82, 2.24) is 14.1 Å². The van der Waals surface area contributed by atoms with E-state index in [-0.39, 0.29) is 5.56 Å². The molecule has 0 spiro atoms. The second kappa shape index (κ2) is 10.2. The minimum absolute atomic E-state index is 0.152. The van der Waals surface area contributed by atoms with Gasteiger partial charge in [0.15, 0.2) is 14.8 Å². The molecule has 0 amide bonds. The molecule has 2 aromatic heterocycles. The Morgan fingerprint density at radius 3 is 2.66 bits per heavy atom. The summed E-state index contributed by atoms with van der Waals surface area (Å²) in [4.78, 5) is 18.6. The molecular formula is C24H21N3O2S3. The molecule has 0 fully saturated rings. The van der Waals surface area contributed by atoms with Crippen molar-refractivity contribution < 1.29 is 4.74 Å². The van der Waals surface area contributed by atoms with Crippen LogP contribution in [0.15, 0.2) is 64.5 Å². The number of hydrogen-bond donors (Lipinski definition) is 0. The maximum absolute atomic E-state index is 13.7. The number of thioether (sulfide) groups is 1. The Hall–Kier alpha value is -2.86. The first-order valence-corrected chi connectivity index (χ1v) is 12.2. The van der Waals surface area contributed by atoms with Gasteiger partial charge in [0, 0.05) is 6.54 Å². The van der Waals surface area contributed by atoms with Crippen LogP contribution in [-0.2, 0) is 13.0 Å². The zero-order valence-electron chi connectivity index (χ0n) is 17.7. The zero-order chi connectivity index (χ0) is 22.5. The van der Waals surface area contributed by atoms with E-state index in [0.717, 1.165) is 6.42 Å². The maximum Gasteiger partial charge on any atom is 0.278 e. The Kier molecular flexibility index (Phi) is 7.10. The van der Waals surface area contributed by atoms with Crippen molar-refractivity contribution in [3.05, 3.63) is 74.5 Å². The van der Waals surface area contributed by atoms with Crippen LogP contribution in [0.4, 0.5) is 0 Å². The van der Waals surface area contributed by atoms with Crippen LogP contribution in [0.1, 0.15) is 12.5 Å². The van der Waals surface area contributed by atoms with Gasteiger partial charge in [-0.15, -0.1) is 5.92 Å². The summed E-state index contributed by atoms with van der Waals surface area (Å²) in [5.74, 6) is 7.06. The van der Waals surface area contributed by atoms with Gasteiger partial charge >= 0.3 is 0 Å². The molecule has 32 heavy (non-hydrogen) atoms. The summed E-state index contributed by atoms with van der Waals surface area (Å²) in [6, 6.07) is 17.7. The Balaban J connectivity index is 1.87. The van der Waals surface area contributed by atoms with Gasteiger partial charge in [-0.1, -0.05) is 71.5 Å². The summed E-state index contributed by atoms with van der Waals surface area (Å²) in [6.45, 7) is 2.46. The summed E-state index contributed by atoms with van der Waals surface area (Å²) in [5, 5.41) is 0.566. The van der Waals surface area contributed by atoms with Crippen LogP contribution in [-0.4, -0.2) is 27.0 Å². The second-order valence-electron chi connectivity index (χ2n) is 6.83. The van der Waals surface area contributed by atoms with Crippen molar-refractivity contribution in [3.63, 3.8) is 0 Å². The molecule has 2 aromatic carbocycles. The fourth-order valence-electron chi connectivity index (χ4n) is 3.36. The van der Waals surface area contributed by atoms with E-state index in [4.69, 9.17) is 21.9 Å². The lowest BCUT2D eigenvalue weighted by Gasteiger charge is -2.14. The predicted octanol–water partition coefficient (Wildman–Crippen LogP) is 5.34. The topological polar surface area (TPSA) is 49.0 Å². The zero-order valence-corrected chi connectivity index (χ0v) is 20.1. The predicted molar refractivity (Wildman–Crippen MR) is 135 cm³/mol. The number of aromatic nitrogens is 3. The minimum atomic E-state index is -0.152. The second-order valence-corrected chi connectivity index (χ2v) is 9.42.